The standard InChI is InChI=1S/Ir.O.Ru.Ta.Ti/q+3;-2;+3;+5;+4. The summed E-state index contributed by atoms with van der Waals surface area (Å²) in [5.74, 6) is 0. The molecule has 1 nitrogen and oxygen atoms in total. The summed E-state index contributed by atoms with van der Waals surface area (Å²) in [7, 11) is 0. The third-order valence-electron chi connectivity index (χ3n) is 0. The Morgan fingerprint density at radius 3 is 1.00 bits per heavy atom. The molecule has 0 heterocycles. The van der Waals surface area contributed by atoms with E-state index in [4.69, 9.17) is 0 Å². The van der Waals surface area contributed by atoms with E-state index in [0.717, 1.165) is 0 Å². The first-order valence-electron chi connectivity index (χ1n) is 0. The van der Waals surface area contributed by atoms with Crippen molar-refractivity contribution in [2.75, 3.05) is 0 Å². The van der Waals surface area contributed by atoms with Crippen LogP contribution in [-0.4, -0.2) is 0 Å². The summed E-state index contributed by atoms with van der Waals surface area (Å²) in [6.45, 7) is 0. The van der Waals surface area contributed by atoms with Crippen molar-refractivity contribution in [1.29, 1.82) is 0 Å². The van der Waals surface area contributed by atoms with Crippen LogP contribution in [0, 0.1) is 0 Å². The van der Waals surface area contributed by atoms with Gasteiger partial charge in [0.1, 0.15) is 0 Å². The zero-order chi connectivity index (χ0) is 0. The van der Waals surface area contributed by atoms with Crippen molar-refractivity contribution in [2.45, 2.75) is 0 Å². The van der Waals surface area contributed by atoms with E-state index in [1.165, 1.54) is 0 Å². The van der Waals surface area contributed by atoms with Crippen LogP contribution in [0.25, 0.3) is 0 Å². The van der Waals surface area contributed by atoms with Gasteiger partial charge in [-0.2, -0.15) is 0 Å². The van der Waals surface area contributed by atoms with Crippen molar-refractivity contribution in [1.82, 2.24) is 0 Å². The van der Waals surface area contributed by atoms with Gasteiger partial charge >= 0.3 is 83.7 Å². The molecule has 5 heteroatoms. The predicted octanol–water partition coefficient (Wildman–Crippen LogP) is -0.129. The molecular formula is IrORuTaTi+13. The van der Waals surface area contributed by atoms with Crippen LogP contribution in [0.4, 0.5) is 0 Å². The Labute approximate surface area is 87.9 Å². The van der Waals surface area contributed by atoms with E-state index in [-0.39, 0.29) is 89.2 Å². The van der Waals surface area contributed by atoms with E-state index in [1.807, 2.05) is 0 Å². The summed E-state index contributed by atoms with van der Waals surface area (Å²) < 4.78 is 0. The molecular weight excluding hydrogens is 538 g/mol. The fraction of sp³-hybridized carbons (Fsp3) is 0. The van der Waals surface area contributed by atoms with Crippen LogP contribution in [0.15, 0.2) is 0 Å². The van der Waals surface area contributed by atoms with Gasteiger partial charge in [-0.25, -0.2) is 0 Å². The Morgan fingerprint density at radius 1 is 1.00 bits per heavy atom. The molecule has 0 aliphatic carbocycles. The normalized spacial score (nSPS) is 0. The maximum atomic E-state index is 0. The fourth-order valence-electron chi connectivity index (χ4n) is 0. The van der Waals surface area contributed by atoms with Gasteiger partial charge < -0.3 is 5.48 Å². The van der Waals surface area contributed by atoms with Crippen molar-refractivity contribution in [3.05, 3.63) is 0 Å². The van der Waals surface area contributed by atoms with Gasteiger partial charge in [0.05, 0.1) is 0 Å². The second-order valence-electron chi connectivity index (χ2n) is 0. The van der Waals surface area contributed by atoms with Crippen molar-refractivity contribution in [2.24, 2.45) is 0 Å². The van der Waals surface area contributed by atoms with Gasteiger partial charge in [-0.05, 0) is 0 Å². The minimum atomic E-state index is 0. The first kappa shape index (κ1) is 47.6. The van der Waals surface area contributed by atoms with Gasteiger partial charge in [0, 0.05) is 0 Å². The third-order valence-corrected chi connectivity index (χ3v) is 0. The Balaban J connectivity index is 0. The second-order valence-corrected chi connectivity index (χ2v) is 0. The minimum Gasteiger partial charge on any atom is -2.00 e. The van der Waals surface area contributed by atoms with E-state index in [1.54, 1.807) is 0 Å². The topological polar surface area (TPSA) is 28.5 Å². The van der Waals surface area contributed by atoms with Crippen molar-refractivity contribution in [3.63, 3.8) is 0 Å². The van der Waals surface area contributed by atoms with Gasteiger partial charge in [-0.3, -0.25) is 0 Å². The molecule has 0 aromatic carbocycles. The van der Waals surface area contributed by atoms with Crippen LogP contribution in [0.1, 0.15) is 0 Å². The Kier molecular flexibility index (Phi) is 285. The maximum Gasteiger partial charge on any atom is 5.00 e. The molecule has 1 radical (unpaired) electrons. The van der Waals surface area contributed by atoms with E-state index in [9.17, 15) is 0 Å². The molecule has 0 aromatic heterocycles. The zero-order valence-corrected chi connectivity index (χ0v) is 11.0. The molecule has 0 aliphatic rings. The summed E-state index contributed by atoms with van der Waals surface area (Å²) in [5, 5.41) is 0. The molecule has 0 saturated carbocycles. The van der Waals surface area contributed by atoms with Gasteiger partial charge in [0.2, 0.25) is 0 Å². The van der Waals surface area contributed by atoms with Crippen LogP contribution in [-0.2, 0) is 89.2 Å². The van der Waals surface area contributed by atoms with Gasteiger partial charge in [-0.15, -0.1) is 0 Å². The van der Waals surface area contributed by atoms with E-state index in [0.29, 0.717) is 0 Å². The summed E-state index contributed by atoms with van der Waals surface area (Å²) in [6.07, 6.45) is 0. The number of rotatable bonds is 0. The number of hydrogen-bond acceptors (Lipinski definition) is 0. The second kappa shape index (κ2) is 30.0. The minimum absolute atomic E-state index is 0. The molecule has 0 spiro atoms. The monoisotopic (exact) mass is 540 g/mol. The SMILES string of the molecule is [Ir+3].[O-2].[Ru+3].[Ta+5].[Ti+4]. The smallest absolute Gasteiger partial charge is 2.00 e. The van der Waals surface area contributed by atoms with Crippen LogP contribution >= 0.6 is 0 Å². The Bertz CT molecular complexity index is 11.6. The van der Waals surface area contributed by atoms with Crippen LogP contribution in [0.5, 0.6) is 0 Å². The maximum absolute atomic E-state index is 0. The van der Waals surface area contributed by atoms with E-state index >= 15 is 0 Å². The molecule has 0 fully saturated rings. The van der Waals surface area contributed by atoms with Crippen LogP contribution in [0.2, 0.25) is 0 Å². The summed E-state index contributed by atoms with van der Waals surface area (Å²) in [6, 6.07) is 0. The molecule has 0 atom stereocenters. The molecule has 0 rings (SSSR count). The van der Waals surface area contributed by atoms with Crippen LogP contribution < -0.4 is 0 Å². The first-order valence-corrected chi connectivity index (χ1v) is 0. The number of hydrogen-bond donors (Lipinski definition) is 0. The average molecular weight is 538 g/mol. The average Bonchev–Trinajstić information content (AvgIpc) is 0. The Morgan fingerprint density at radius 2 is 1.00 bits per heavy atom. The predicted molar refractivity (Wildman–Crippen MR) is 0.686 cm³/mol. The quantitative estimate of drug-likeness (QED) is 0.385. The van der Waals surface area contributed by atoms with Crippen LogP contribution in [0.3, 0.4) is 0 Å². The molecule has 0 aromatic rings. The zero-order valence-electron chi connectivity index (χ0n) is 2.04. The molecule has 0 saturated heterocycles. The van der Waals surface area contributed by atoms with Gasteiger partial charge in [-0.1, -0.05) is 0 Å². The van der Waals surface area contributed by atoms with Gasteiger partial charge in [0.15, 0.2) is 0 Å². The molecule has 5 heavy (non-hydrogen) atoms. The molecule has 0 unspecified atom stereocenters. The third kappa shape index (κ3) is 20.3. The van der Waals surface area contributed by atoms with Crippen molar-refractivity contribution >= 4 is 0 Å². The molecule has 0 bridgehead atoms. The molecule has 0 amide bonds. The summed E-state index contributed by atoms with van der Waals surface area (Å²) in [4.78, 5) is 0. The molecule has 0 aliphatic heterocycles. The van der Waals surface area contributed by atoms with E-state index < -0.39 is 0 Å². The summed E-state index contributed by atoms with van der Waals surface area (Å²) in [5.41, 5.74) is 0. The summed E-state index contributed by atoms with van der Waals surface area (Å²) >= 11 is 0. The van der Waals surface area contributed by atoms with Gasteiger partial charge in [0.25, 0.3) is 0 Å². The fourth-order valence-corrected chi connectivity index (χ4v) is 0. The van der Waals surface area contributed by atoms with Crippen molar-refractivity contribution < 1.29 is 89.2 Å². The van der Waals surface area contributed by atoms with E-state index in [2.05, 4.69) is 0 Å². The van der Waals surface area contributed by atoms with Crippen molar-refractivity contribution in [3.8, 4) is 0 Å². The first-order chi connectivity index (χ1) is 0. The Hall–Kier alpha value is 2.69. The largest absolute Gasteiger partial charge is 5.00 e. The molecule has 19 valence electrons. The molecule has 0 N–H and O–H groups in total.